The van der Waals surface area contributed by atoms with E-state index in [0.29, 0.717) is 0 Å². The minimum atomic E-state index is -0.573. The molecule has 22 heavy (non-hydrogen) atoms. The number of hydrogen-bond donors (Lipinski definition) is 1. The van der Waals surface area contributed by atoms with E-state index in [0.717, 1.165) is 5.56 Å². The highest BCUT2D eigenvalue weighted by Crippen LogP contribution is 2.12. The molecule has 2 amide bonds. The molecule has 2 rings (SSSR count). The van der Waals surface area contributed by atoms with Crippen molar-refractivity contribution in [1.82, 2.24) is 9.80 Å². The zero-order valence-corrected chi connectivity index (χ0v) is 12.1. The minimum Gasteiger partial charge on any atom is -0.445 e. The number of ether oxygens (including phenoxy) is 1. The Morgan fingerprint density at radius 2 is 2.14 bits per heavy atom. The van der Waals surface area contributed by atoms with E-state index < -0.39 is 12.1 Å². The zero-order chi connectivity index (χ0) is 15.9. The van der Waals surface area contributed by atoms with E-state index >= 15 is 0 Å². The summed E-state index contributed by atoms with van der Waals surface area (Å²) in [5.41, 5.74) is 0.867. The van der Waals surface area contributed by atoms with Crippen molar-refractivity contribution in [2.75, 3.05) is 26.2 Å². The van der Waals surface area contributed by atoms with Crippen molar-refractivity contribution < 1.29 is 19.4 Å². The first-order valence-corrected chi connectivity index (χ1v) is 6.95. The van der Waals surface area contributed by atoms with Gasteiger partial charge in [0.25, 0.3) is 0 Å². The molecule has 0 aliphatic carbocycles. The lowest BCUT2D eigenvalue weighted by Crippen LogP contribution is -2.59. The molecule has 0 spiro atoms. The number of piperazine rings is 1. The van der Waals surface area contributed by atoms with Gasteiger partial charge in [-0.25, -0.2) is 4.79 Å². The summed E-state index contributed by atoms with van der Waals surface area (Å²) in [6, 6.07) is 8.78. The molecule has 1 atom stereocenters. The Hall–Kier alpha value is -2.52. The van der Waals surface area contributed by atoms with Gasteiger partial charge < -0.3 is 14.7 Å². The van der Waals surface area contributed by atoms with Gasteiger partial charge in [0.05, 0.1) is 19.2 Å². The Bertz CT molecular complexity index is 567. The summed E-state index contributed by atoms with van der Waals surface area (Å²) in [5.74, 6) is 2.09. The fourth-order valence-corrected chi connectivity index (χ4v) is 2.30. The lowest BCUT2D eigenvalue weighted by Gasteiger charge is -2.38. The topological polar surface area (TPSA) is 70.1 Å². The van der Waals surface area contributed by atoms with Crippen LogP contribution >= 0.6 is 0 Å². The van der Waals surface area contributed by atoms with Crippen molar-refractivity contribution in [2.45, 2.75) is 12.6 Å². The fourth-order valence-electron chi connectivity index (χ4n) is 2.30. The smallest absolute Gasteiger partial charge is 0.410 e. The number of carbonyl (C=O) groups excluding carboxylic acids is 2. The first kappa shape index (κ1) is 15.9. The molecule has 6 nitrogen and oxygen atoms in total. The standard InChI is InChI=1S/C16H18N2O4/c1-2-8-18-14(11-19)9-17(10-15(18)20)16(21)22-12-13-6-4-3-5-7-13/h1,3-7,14,19H,8-12H2/t14-/m1/s1. The van der Waals surface area contributed by atoms with Gasteiger partial charge in [-0.1, -0.05) is 36.3 Å². The van der Waals surface area contributed by atoms with Crippen molar-refractivity contribution in [2.24, 2.45) is 0 Å². The number of hydrogen-bond acceptors (Lipinski definition) is 4. The van der Waals surface area contributed by atoms with Crippen LogP contribution < -0.4 is 0 Å². The van der Waals surface area contributed by atoms with Crippen LogP contribution in [0.3, 0.4) is 0 Å². The largest absolute Gasteiger partial charge is 0.445 e. The summed E-state index contributed by atoms with van der Waals surface area (Å²) < 4.78 is 5.20. The molecule has 1 aromatic carbocycles. The number of terminal acetylenes is 1. The number of carbonyl (C=O) groups is 2. The van der Waals surface area contributed by atoms with Crippen molar-refractivity contribution >= 4 is 12.0 Å². The number of aliphatic hydroxyl groups excluding tert-OH is 1. The van der Waals surface area contributed by atoms with Crippen LogP contribution in [-0.2, 0) is 16.1 Å². The average Bonchev–Trinajstić information content (AvgIpc) is 2.55. The monoisotopic (exact) mass is 302 g/mol. The van der Waals surface area contributed by atoms with Gasteiger partial charge in [-0.05, 0) is 5.56 Å². The van der Waals surface area contributed by atoms with Gasteiger partial charge >= 0.3 is 6.09 Å². The Balaban J connectivity index is 1.93. The molecule has 6 heteroatoms. The molecule has 0 unspecified atom stereocenters. The van der Waals surface area contributed by atoms with Crippen LogP contribution in [0, 0.1) is 12.3 Å². The van der Waals surface area contributed by atoms with Gasteiger partial charge in [0, 0.05) is 6.54 Å². The third-order valence-corrected chi connectivity index (χ3v) is 3.45. The molecule has 1 aliphatic rings. The maximum Gasteiger partial charge on any atom is 0.410 e. The van der Waals surface area contributed by atoms with E-state index in [-0.39, 0.29) is 38.8 Å². The highest BCUT2D eigenvalue weighted by molar-refractivity contribution is 5.84. The van der Waals surface area contributed by atoms with Crippen LogP contribution in [-0.4, -0.2) is 59.2 Å². The number of benzene rings is 1. The SMILES string of the molecule is C#CCN1C(=O)CN(C(=O)OCc2ccccc2)C[C@@H]1CO. The Labute approximate surface area is 129 Å². The van der Waals surface area contributed by atoms with E-state index in [1.165, 1.54) is 9.80 Å². The average molecular weight is 302 g/mol. The molecular formula is C16H18N2O4. The fraction of sp³-hybridized carbons (Fsp3) is 0.375. The summed E-state index contributed by atoms with van der Waals surface area (Å²) >= 11 is 0. The van der Waals surface area contributed by atoms with Crippen LogP contribution in [0.2, 0.25) is 0 Å². The van der Waals surface area contributed by atoms with Crippen LogP contribution in [0.15, 0.2) is 30.3 Å². The van der Waals surface area contributed by atoms with Gasteiger partial charge in [0.15, 0.2) is 0 Å². The van der Waals surface area contributed by atoms with Gasteiger partial charge in [0.2, 0.25) is 5.91 Å². The third-order valence-electron chi connectivity index (χ3n) is 3.45. The molecule has 116 valence electrons. The molecule has 1 N–H and O–H groups in total. The van der Waals surface area contributed by atoms with E-state index in [4.69, 9.17) is 11.2 Å². The zero-order valence-electron chi connectivity index (χ0n) is 12.1. The van der Waals surface area contributed by atoms with E-state index in [1.54, 1.807) is 0 Å². The minimum absolute atomic E-state index is 0.0915. The van der Waals surface area contributed by atoms with E-state index in [1.807, 2.05) is 30.3 Å². The van der Waals surface area contributed by atoms with Gasteiger partial charge in [-0.3, -0.25) is 9.69 Å². The van der Waals surface area contributed by atoms with Gasteiger partial charge in [0.1, 0.15) is 13.2 Å². The lowest BCUT2D eigenvalue weighted by atomic mass is 10.2. The number of nitrogens with zero attached hydrogens (tertiary/aromatic N) is 2. The van der Waals surface area contributed by atoms with Crippen molar-refractivity contribution in [3.63, 3.8) is 0 Å². The third kappa shape index (κ3) is 3.77. The van der Waals surface area contributed by atoms with E-state index in [9.17, 15) is 14.7 Å². The number of rotatable bonds is 4. The maximum atomic E-state index is 12.1. The predicted octanol–water partition coefficient (Wildman–Crippen LogP) is 0.461. The van der Waals surface area contributed by atoms with Crippen LogP contribution in [0.1, 0.15) is 5.56 Å². The second kappa shape index (κ2) is 7.48. The van der Waals surface area contributed by atoms with Gasteiger partial charge in [-0.2, -0.15) is 0 Å². The summed E-state index contributed by atoms with van der Waals surface area (Å²) in [5, 5.41) is 9.37. The van der Waals surface area contributed by atoms with Gasteiger partial charge in [-0.15, -0.1) is 6.42 Å². The molecule has 1 aliphatic heterocycles. The normalized spacial score (nSPS) is 18.0. The summed E-state index contributed by atoms with van der Waals surface area (Å²) in [7, 11) is 0. The van der Waals surface area contributed by atoms with Crippen LogP contribution in [0.25, 0.3) is 0 Å². The molecule has 1 aromatic rings. The summed E-state index contributed by atoms with van der Waals surface area (Å²) in [6.45, 7) is 0.123. The first-order chi connectivity index (χ1) is 10.7. The molecule has 0 radical (unpaired) electrons. The lowest BCUT2D eigenvalue weighted by molar-refractivity contribution is -0.139. The molecular weight excluding hydrogens is 284 g/mol. The van der Waals surface area contributed by atoms with Crippen molar-refractivity contribution in [3.8, 4) is 12.3 Å². The second-order valence-electron chi connectivity index (χ2n) is 4.98. The second-order valence-corrected chi connectivity index (χ2v) is 4.98. The van der Waals surface area contributed by atoms with Crippen molar-refractivity contribution in [3.05, 3.63) is 35.9 Å². The van der Waals surface area contributed by atoms with Crippen LogP contribution in [0.4, 0.5) is 4.79 Å². The summed E-state index contributed by atoms with van der Waals surface area (Å²) in [6.07, 6.45) is 4.64. The maximum absolute atomic E-state index is 12.1. The number of aliphatic hydroxyl groups is 1. The highest BCUT2D eigenvalue weighted by atomic mass is 16.6. The van der Waals surface area contributed by atoms with Crippen molar-refractivity contribution in [1.29, 1.82) is 0 Å². The molecule has 1 saturated heterocycles. The molecule has 0 bridgehead atoms. The molecule has 1 heterocycles. The first-order valence-electron chi connectivity index (χ1n) is 6.95. The van der Waals surface area contributed by atoms with Crippen LogP contribution in [0.5, 0.6) is 0 Å². The molecule has 1 fully saturated rings. The quantitative estimate of drug-likeness (QED) is 0.821. The Kier molecular flexibility index (Phi) is 5.39. The molecule has 0 saturated carbocycles. The number of amides is 2. The van der Waals surface area contributed by atoms with E-state index in [2.05, 4.69) is 5.92 Å². The Morgan fingerprint density at radius 1 is 1.41 bits per heavy atom. The highest BCUT2D eigenvalue weighted by Gasteiger charge is 2.34. The predicted molar refractivity (Wildman–Crippen MR) is 79.6 cm³/mol. The summed E-state index contributed by atoms with van der Waals surface area (Å²) in [4.78, 5) is 26.8. The Morgan fingerprint density at radius 3 is 2.77 bits per heavy atom. The molecule has 0 aromatic heterocycles.